The van der Waals surface area contributed by atoms with E-state index in [0.29, 0.717) is 21.3 Å². The molecule has 11 heteroatoms. The van der Waals surface area contributed by atoms with Crippen LogP contribution in [0.5, 0.6) is 5.75 Å². The third-order valence-corrected chi connectivity index (χ3v) is 5.73. The lowest BCUT2D eigenvalue weighted by Gasteiger charge is -2.04. The first-order chi connectivity index (χ1) is 13.7. The van der Waals surface area contributed by atoms with Crippen molar-refractivity contribution in [2.45, 2.75) is 6.92 Å². The van der Waals surface area contributed by atoms with Crippen molar-refractivity contribution >= 4 is 52.1 Å². The number of hydrazone groups is 1. The molecular formula is C18H14Cl2N4O4S. The molecule has 29 heavy (non-hydrogen) atoms. The van der Waals surface area contributed by atoms with E-state index in [9.17, 15) is 14.7 Å². The number of aryl methyl sites for hydroxylation is 1. The van der Waals surface area contributed by atoms with Crippen LogP contribution in [0.25, 0.3) is 11.3 Å². The summed E-state index contributed by atoms with van der Waals surface area (Å²) in [6.45, 7) is 1.57. The van der Waals surface area contributed by atoms with Crippen LogP contribution in [0, 0.1) is 0 Å². The van der Waals surface area contributed by atoms with Crippen molar-refractivity contribution < 1.29 is 19.8 Å². The number of rotatable bonds is 5. The molecule has 0 atom stereocenters. The predicted octanol–water partition coefficient (Wildman–Crippen LogP) is 4.01. The van der Waals surface area contributed by atoms with Crippen molar-refractivity contribution in [2.24, 2.45) is 12.1 Å². The summed E-state index contributed by atoms with van der Waals surface area (Å²) in [5.74, 6) is -1.81. The summed E-state index contributed by atoms with van der Waals surface area (Å²) in [6, 6.07) is 7.65. The number of aromatic carboxylic acids is 1. The van der Waals surface area contributed by atoms with Gasteiger partial charge in [0.1, 0.15) is 10.6 Å². The molecule has 0 fully saturated rings. The summed E-state index contributed by atoms with van der Waals surface area (Å²) in [6.07, 6.45) is 0. The number of thiophene rings is 1. The van der Waals surface area contributed by atoms with E-state index in [2.05, 4.69) is 15.6 Å². The molecule has 2 aromatic heterocycles. The Morgan fingerprint density at radius 3 is 2.48 bits per heavy atom. The first kappa shape index (κ1) is 20.8. The van der Waals surface area contributed by atoms with Crippen molar-refractivity contribution in [3.8, 4) is 17.0 Å². The van der Waals surface area contributed by atoms with Crippen LogP contribution in [0.2, 0.25) is 10.0 Å². The van der Waals surface area contributed by atoms with E-state index in [4.69, 9.17) is 28.3 Å². The van der Waals surface area contributed by atoms with Gasteiger partial charge in [0.2, 0.25) is 0 Å². The fraction of sp³-hybridized carbons (Fsp3) is 0.111. The van der Waals surface area contributed by atoms with Gasteiger partial charge in [0.05, 0.1) is 20.6 Å². The topological polar surface area (TPSA) is 117 Å². The van der Waals surface area contributed by atoms with Crippen molar-refractivity contribution in [2.75, 3.05) is 0 Å². The zero-order chi connectivity index (χ0) is 21.3. The summed E-state index contributed by atoms with van der Waals surface area (Å²) >= 11 is 12.8. The molecule has 3 rings (SSSR count). The molecule has 1 amide bonds. The molecule has 8 nitrogen and oxygen atoms in total. The maximum Gasteiger partial charge on any atom is 0.345 e. The lowest BCUT2D eigenvalue weighted by molar-refractivity contribution is 0.0702. The maximum atomic E-state index is 12.1. The van der Waals surface area contributed by atoms with Crippen molar-refractivity contribution in [1.29, 1.82) is 0 Å². The largest absolute Gasteiger partial charge is 0.504 e. The quantitative estimate of drug-likeness (QED) is 0.399. The highest BCUT2D eigenvalue weighted by Gasteiger charge is 2.20. The molecule has 0 unspecified atom stereocenters. The monoisotopic (exact) mass is 452 g/mol. The molecule has 0 aliphatic heterocycles. The van der Waals surface area contributed by atoms with Gasteiger partial charge in [0.15, 0.2) is 11.4 Å². The molecule has 0 aliphatic carbocycles. The molecule has 3 N–H and O–H groups in total. The number of aromatic hydroxyl groups is 1. The first-order valence-electron chi connectivity index (χ1n) is 8.08. The van der Waals surface area contributed by atoms with Gasteiger partial charge in [-0.2, -0.15) is 10.2 Å². The van der Waals surface area contributed by atoms with E-state index in [1.165, 1.54) is 16.8 Å². The first-order valence-corrected chi connectivity index (χ1v) is 9.65. The summed E-state index contributed by atoms with van der Waals surface area (Å²) in [7, 11) is 1.64. The lowest BCUT2D eigenvalue weighted by Crippen LogP contribution is -2.18. The number of halogens is 2. The zero-order valence-electron chi connectivity index (χ0n) is 15.1. The van der Waals surface area contributed by atoms with Gasteiger partial charge in [-0.1, -0.05) is 29.3 Å². The van der Waals surface area contributed by atoms with Crippen LogP contribution in [0.3, 0.4) is 0 Å². The molecule has 0 saturated carbocycles. The van der Waals surface area contributed by atoms with E-state index in [0.717, 1.165) is 11.3 Å². The number of carbonyl (C=O) groups excluding carboxylic acids is 1. The standard InChI is InChI=1S/C18H14Cl2N4O4S/c1-8(21-22-17(26)12-5-6-13(29-12)18(27)28)14-16(25)15(24(2)23-14)9-3-4-10(19)11(20)7-9/h3-7,25H,1-2H3,(H,22,26)(H,27,28)/b21-8+. The number of carboxylic acid groups (broad SMARTS) is 1. The Kier molecular flexibility index (Phi) is 5.92. The Morgan fingerprint density at radius 2 is 1.86 bits per heavy atom. The SMILES string of the molecule is C/C(=N\NC(=O)c1ccc(C(=O)O)s1)c1nn(C)c(-c2ccc(Cl)c(Cl)c2)c1O. The highest BCUT2D eigenvalue weighted by molar-refractivity contribution is 7.15. The second kappa shape index (κ2) is 8.24. The Bertz CT molecular complexity index is 1150. The number of hydrogen-bond donors (Lipinski definition) is 3. The normalized spacial score (nSPS) is 11.5. The van der Waals surface area contributed by atoms with Gasteiger partial charge in [-0.15, -0.1) is 11.3 Å². The smallest absolute Gasteiger partial charge is 0.345 e. The minimum atomic E-state index is -1.11. The minimum absolute atomic E-state index is 0.0458. The van der Waals surface area contributed by atoms with E-state index in [1.54, 1.807) is 32.2 Å². The van der Waals surface area contributed by atoms with Crippen molar-refractivity contribution in [1.82, 2.24) is 15.2 Å². The Hall–Kier alpha value is -2.88. The molecule has 0 saturated heterocycles. The van der Waals surface area contributed by atoms with Crippen LogP contribution in [0.4, 0.5) is 0 Å². The lowest BCUT2D eigenvalue weighted by atomic mass is 10.1. The second-order valence-corrected chi connectivity index (χ2v) is 7.80. The number of hydrogen-bond acceptors (Lipinski definition) is 6. The molecule has 0 radical (unpaired) electrons. The van der Waals surface area contributed by atoms with Crippen molar-refractivity contribution in [3.63, 3.8) is 0 Å². The fourth-order valence-electron chi connectivity index (χ4n) is 2.54. The number of nitrogens with one attached hydrogen (secondary N) is 1. The van der Waals surface area contributed by atoms with E-state index < -0.39 is 11.9 Å². The Labute approximate surface area is 179 Å². The van der Waals surface area contributed by atoms with Crippen LogP contribution in [0.15, 0.2) is 35.4 Å². The average molecular weight is 453 g/mol. The van der Waals surface area contributed by atoms with Gasteiger partial charge in [0.25, 0.3) is 5.91 Å². The van der Waals surface area contributed by atoms with Gasteiger partial charge < -0.3 is 10.2 Å². The Balaban J connectivity index is 1.85. The molecule has 0 bridgehead atoms. The highest BCUT2D eigenvalue weighted by atomic mass is 35.5. The average Bonchev–Trinajstić information content (AvgIpc) is 3.27. The van der Waals surface area contributed by atoms with Crippen molar-refractivity contribution in [3.05, 3.63) is 55.8 Å². The molecular weight excluding hydrogens is 439 g/mol. The van der Waals surface area contributed by atoms with Crippen LogP contribution >= 0.6 is 34.5 Å². The maximum absolute atomic E-state index is 12.1. The molecule has 0 aliphatic rings. The number of amides is 1. The molecule has 3 aromatic rings. The van der Waals surface area contributed by atoms with Gasteiger partial charge in [-0.3, -0.25) is 9.48 Å². The molecule has 0 spiro atoms. The fourth-order valence-corrected chi connectivity index (χ4v) is 3.57. The van der Waals surface area contributed by atoms with Gasteiger partial charge in [0, 0.05) is 12.6 Å². The minimum Gasteiger partial charge on any atom is -0.504 e. The summed E-state index contributed by atoms with van der Waals surface area (Å²) in [5.41, 5.74) is 3.77. The number of aromatic nitrogens is 2. The number of carbonyl (C=O) groups is 2. The molecule has 150 valence electrons. The summed E-state index contributed by atoms with van der Waals surface area (Å²) in [5, 5.41) is 28.5. The Morgan fingerprint density at radius 1 is 1.17 bits per heavy atom. The zero-order valence-corrected chi connectivity index (χ0v) is 17.4. The number of benzene rings is 1. The van der Waals surface area contributed by atoms with Crippen LogP contribution in [-0.2, 0) is 7.05 Å². The highest BCUT2D eigenvalue weighted by Crippen LogP contribution is 2.35. The number of nitrogens with zero attached hydrogens (tertiary/aromatic N) is 3. The van der Waals surface area contributed by atoms with Gasteiger partial charge >= 0.3 is 5.97 Å². The summed E-state index contributed by atoms with van der Waals surface area (Å²) < 4.78 is 1.46. The molecule has 2 heterocycles. The third-order valence-electron chi connectivity index (χ3n) is 3.92. The third kappa shape index (κ3) is 4.26. The van der Waals surface area contributed by atoms with E-state index >= 15 is 0 Å². The van der Waals surface area contributed by atoms with Crippen LogP contribution in [0.1, 0.15) is 32.0 Å². The number of carboxylic acids is 1. The van der Waals surface area contributed by atoms with Crippen LogP contribution in [-0.4, -0.2) is 37.6 Å². The predicted molar refractivity (Wildman–Crippen MR) is 111 cm³/mol. The second-order valence-electron chi connectivity index (χ2n) is 5.91. The molecule has 1 aromatic carbocycles. The van der Waals surface area contributed by atoms with E-state index in [1.807, 2.05) is 0 Å². The van der Waals surface area contributed by atoms with Gasteiger partial charge in [-0.25, -0.2) is 10.2 Å². The van der Waals surface area contributed by atoms with E-state index in [-0.39, 0.29) is 26.9 Å². The van der Waals surface area contributed by atoms with Gasteiger partial charge in [-0.05, 0) is 31.2 Å². The van der Waals surface area contributed by atoms with Crippen LogP contribution < -0.4 is 5.43 Å². The summed E-state index contributed by atoms with van der Waals surface area (Å²) in [4.78, 5) is 23.3.